The molecular formula is C15H22ClFN2O3. The molecule has 1 aliphatic heterocycles. The number of carbonyl (C=O) groups excluding carboxylic acids is 1. The summed E-state index contributed by atoms with van der Waals surface area (Å²) < 4.78 is 18.7. The van der Waals surface area contributed by atoms with Crippen molar-refractivity contribution in [2.75, 3.05) is 19.8 Å². The van der Waals surface area contributed by atoms with Crippen molar-refractivity contribution in [1.82, 2.24) is 5.32 Å². The predicted molar refractivity (Wildman–Crippen MR) is 83.1 cm³/mol. The van der Waals surface area contributed by atoms with E-state index in [-0.39, 0.29) is 36.3 Å². The van der Waals surface area contributed by atoms with Crippen molar-refractivity contribution in [2.45, 2.75) is 25.0 Å². The summed E-state index contributed by atoms with van der Waals surface area (Å²) >= 11 is 0. The Morgan fingerprint density at radius 3 is 2.68 bits per heavy atom. The molecule has 2 atom stereocenters. The predicted octanol–water partition coefficient (Wildman–Crippen LogP) is 1.15. The largest absolute Gasteiger partial charge is 0.386 e. The van der Waals surface area contributed by atoms with Crippen molar-refractivity contribution in [1.29, 1.82) is 0 Å². The number of amides is 1. The Morgan fingerprint density at radius 2 is 2.05 bits per heavy atom. The van der Waals surface area contributed by atoms with Crippen LogP contribution in [0.5, 0.6) is 0 Å². The third-order valence-corrected chi connectivity index (χ3v) is 3.81. The molecule has 2 rings (SSSR count). The van der Waals surface area contributed by atoms with Crippen molar-refractivity contribution in [3.63, 3.8) is 0 Å². The molecule has 1 saturated heterocycles. The van der Waals surface area contributed by atoms with Gasteiger partial charge in [-0.2, -0.15) is 0 Å². The van der Waals surface area contributed by atoms with Crippen LogP contribution in [-0.2, 0) is 9.53 Å². The van der Waals surface area contributed by atoms with E-state index >= 15 is 0 Å². The third kappa shape index (κ3) is 4.91. The molecule has 1 aromatic carbocycles. The minimum Gasteiger partial charge on any atom is -0.386 e. The molecule has 1 aliphatic rings. The van der Waals surface area contributed by atoms with Gasteiger partial charge in [0.05, 0.1) is 12.1 Å². The maximum atomic E-state index is 13.5. The zero-order valence-corrected chi connectivity index (χ0v) is 13.0. The number of rotatable bonds is 5. The van der Waals surface area contributed by atoms with E-state index in [0.29, 0.717) is 13.2 Å². The number of aliphatic hydroxyl groups excluding tert-OH is 1. The number of nitrogens with two attached hydrogens (primary N) is 1. The van der Waals surface area contributed by atoms with E-state index in [1.807, 2.05) is 0 Å². The first-order chi connectivity index (χ1) is 10.1. The fraction of sp³-hybridized carbons (Fsp3) is 0.533. The second-order valence-corrected chi connectivity index (χ2v) is 5.26. The Bertz CT molecular complexity index is 484. The van der Waals surface area contributed by atoms with E-state index in [1.165, 1.54) is 12.1 Å². The zero-order chi connectivity index (χ0) is 15.2. The second-order valence-electron chi connectivity index (χ2n) is 5.26. The number of hydrogen-bond donors (Lipinski definition) is 3. The zero-order valence-electron chi connectivity index (χ0n) is 12.2. The first-order valence-corrected chi connectivity index (χ1v) is 7.13. The SMILES string of the molecule is Cl.NC(C(=O)NCC(O)c1ccccc1F)C1CCOCC1. The number of ether oxygens (including phenoxy) is 1. The molecule has 0 radical (unpaired) electrons. The van der Waals surface area contributed by atoms with Gasteiger partial charge in [0.25, 0.3) is 0 Å². The van der Waals surface area contributed by atoms with Gasteiger partial charge in [-0.1, -0.05) is 18.2 Å². The Balaban J connectivity index is 0.00000242. The minimum atomic E-state index is -1.09. The van der Waals surface area contributed by atoms with Crippen molar-refractivity contribution >= 4 is 18.3 Å². The lowest BCUT2D eigenvalue weighted by atomic mass is 9.92. The van der Waals surface area contributed by atoms with Crippen LogP contribution < -0.4 is 11.1 Å². The van der Waals surface area contributed by atoms with E-state index in [9.17, 15) is 14.3 Å². The average molecular weight is 333 g/mol. The molecule has 22 heavy (non-hydrogen) atoms. The number of nitrogens with one attached hydrogen (secondary N) is 1. The van der Waals surface area contributed by atoms with E-state index in [1.54, 1.807) is 12.1 Å². The van der Waals surface area contributed by atoms with Gasteiger partial charge in [0.15, 0.2) is 0 Å². The number of halogens is 2. The van der Waals surface area contributed by atoms with Crippen LogP contribution in [0.3, 0.4) is 0 Å². The van der Waals surface area contributed by atoms with Gasteiger partial charge >= 0.3 is 0 Å². The maximum absolute atomic E-state index is 13.5. The molecule has 1 fully saturated rings. The van der Waals surface area contributed by atoms with Crippen LogP contribution in [0.25, 0.3) is 0 Å². The van der Waals surface area contributed by atoms with Gasteiger partial charge in [0.2, 0.25) is 5.91 Å². The van der Waals surface area contributed by atoms with Gasteiger partial charge in [-0.25, -0.2) is 4.39 Å². The number of benzene rings is 1. The lowest BCUT2D eigenvalue weighted by Gasteiger charge is -2.27. The van der Waals surface area contributed by atoms with Crippen molar-refractivity contribution < 1.29 is 19.0 Å². The van der Waals surface area contributed by atoms with Crippen LogP contribution >= 0.6 is 12.4 Å². The van der Waals surface area contributed by atoms with Crippen LogP contribution in [0, 0.1) is 11.7 Å². The second kappa shape index (κ2) is 9.05. The molecule has 0 aliphatic carbocycles. The molecule has 4 N–H and O–H groups in total. The fourth-order valence-corrected chi connectivity index (χ4v) is 2.46. The maximum Gasteiger partial charge on any atom is 0.237 e. The van der Waals surface area contributed by atoms with Crippen LogP contribution in [0.2, 0.25) is 0 Å². The van der Waals surface area contributed by atoms with Crippen LogP contribution in [0.4, 0.5) is 4.39 Å². The normalized spacial score (nSPS) is 18.1. The fourth-order valence-electron chi connectivity index (χ4n) is 2.46. The van der Waals surface area contributed by atoms with Crippen LogP contribution in [0.15, 0.2) is 24.3 Å². The van der Waals surface area contributed by atoms with Gasteiger partial charge in [-0.3, -0.25) is 4.79 Å². The average Bonchev–Trinajstić information content (AvgIpc) is 2.52. The van der Waals surface area contributed by atoms with Gasteiger partial charge in [-0.05, 0) is 24.8 Å². The Hall–Kier alpha value is -1.21. The molecule has 0 bridgehead atoms. The highest BCUT2D eigenvalue weighted by atomic mass is 35.5. The van der Waals surface area contributed by atoms with Crippen molar-refractivity contribution in [2.24, 2.45) is 11.7 Å². The van der Waals surface area contributed by atoms with Crippen LogP contribution in [-0.4, -0.2) is 36.8 Å². The van der Waals surface area contributed by atoms with Crippen molar-refractivity contribution in [3.05, 3.63) is 35.6 Å². The molecule has 0 spiro atoms. The summed E-state index contributed by atoms with van der Waals surface area (Å²) in [7, 11) is 0. The molecule has 1 aromatic rings. The highest BCUT2D eigenvalue weighted by Crippen LogP contribution is 2.18. The molecule has 0 aromatic heterocycles. The lowest BCUT2D eigenvalue weighted by Crippen LogP contribution is -2.48. The Morgan fingerprint density at radius 1 is 1.41 bits per heavy atom. The minimum absolute atomic E-state index is 0. The highest BCUT2D eigenvalue weighted by molar-refractivity contribution is 5.85. The monoisotopic (exact) mass is 332 g/mol. The molecule has 0 saturated carbocycles. The molecule has 1 amide bonds. The Kier molecular flexibility index (Phi) is 7.75. The van der Waals surface area contributed by atoms with Crippen LogP contribution in [0.1, 0.15) is 24.5 Å². The van der Waals surface area contributed by atoms with E-state index in [0.717, 1.165) is 12.8 Å². The molecule has 124 valence electrons. The van der Waals surface area contributed by atoms with E-state index < -0.39 is 18.0 Å². The number of aliphatic hydroxyl groups is 1. The molecule has 1 heterocycles. The summed E-state index contributed by atoms with van der Waals surface area (Å²) in [4.78, 5) is 12.0. The summed E-state index contributed by atoms with van der Waals surface area (Å²) in [5.41, 5.74) is 6.09. The topological polar surface area (TPSA) is 84.6 Å². The number of carbonyl (C=O) groups is 1. The molecule has 2 unspecified atom stereocenters. The van der Waals surface area contributed by atoms with Gasteiger partial charge in [0.1, 0.15) is 5.82 Å². The van der Waals surface area contributed by atoms with E-state index in [2.05, 4.69) is 5.32 Å². The summed E-state index contributed by atoms with van der Waals surface area (Å²) in [6.45, 7) is 1.17. The summed E-state index contributed by atoms with van der Waals surface area (Å²) in [6, 6.07) is 5.32. The highest BCUT2D eigenvalue weighted by Gasteiger charge is 2.26. The standard InChI is InChI=1S/C15H21FN2O3.ClH/c16-12-4-2-1-3-11(12)13(19)9-18-15(20)14(17)10-5-7-21-8-6-10;/h1-4,10,13-14,19H,5-9,17H2,(H,18,20);1H. The van der Waals surface area contributed by atoms with Gasteiger partial charge < -0.3 is 20.9 Å². The smallest absolute Gasteiger partial charge is 0.237 e. The van der Waals surface area contributed by atoms with E-state index in [4.69, 9.17) is 10.5 Å². The number of hydrogen-bond acceptors (Lipinski definition) is 4. The quantitative estimate of drug-likeness (QED) is 0.755. The first kappa shape index (κ1) is 18.8. The van der Waals surface area contributed by atoms with Crippen molar-refractivity contribution in [3.8, 4) is 0 Å². The van der Waals surface area contributed by atoms with Gasteiger partial charge in [-0.15, -0.1) is 12.4 Å². The van der Waals surface area contributed by atoms with Gasteiger partial charge in [0, 0.05) is 25.3 Å². The molecule has 5 nitrogen and oxygen atoms in total. The third-order valence-electron chi connectivity index (χ3n) is 3.81. The summed E-state index contributed by atoms with van der Waals surface area (Å²) in [5, 5.41) is 12.5. The summed E-state index contributed by atoms with van der Waals surface area (Å²) in [5.74, 6) is -0.727. The Labute approximate surface area is 135 Å². The lowest BCUT2D eigenvalue weighted by molar-refractivity contribution is -0.124. The molecule has 7 heteroatoms. The molecular weight excluding hydrogens is 311 g/mol. The first-order valence-electron chi connectivity index (χ1n) is 7.13. The summed E-state index contributed by atoms with van der Waals surface area (Å²) in [6.07, 6.45) is 0.423.